The monoisotopic (exact) mass is 513 g/mol. The maximum atomic E-state index is 13.3. The van der Waals surface area contributed by atoms with Gasteiger partial charge in [0.25, 0.3) is 0 Å². The second-order valence-electron chi connectivity index (χ2n) is 8.75. The zero-order valence-electron chi connectivity index (χ0n) is 20.1. The largest absolute Gasteiger partial charge is 0.480 e. The predicted molar refractivity (Wildman–Crippen MR) is 132 cm³/mol. The Labute approximate surface area is 206 Å². The number of piperidine rings is 1. The van der Waals surface area contributed by atoms with Crippen LogP contribution in [0.5, 0.6) is 0 Å². The highest BCUT2D eigenvalue weighted by atomic mass is 32.2. The summed E-state index contributed by atoms with van der Waals surface area (Å²) < 4.78 is 28.5. The van der Waals surface area contributed by atoms with Gasteiger partial charge in [-0.1, -0.05) is 38.0 Å². The fraction of sp³-hybridized carbons (Fsp3) is 0.609. The third-order valence-electron chi connectivity index (χ3n) is 6.22. The van der Waals surface area contributed by atoms with Crippen molar-refractivity contribution in [1.82, 2.24) is 14.9 Å². The standard InChI is InChI=1S/C23H35N3O6S2/c1-5-16(3)20(25-34(31,32)18-8-6-15(2)7-9-18)22(28)26-12-10-17(11-13-26)21(27)24-19(14-33-4)23(29)30/h6-9,16-17,19-20,25H,5,10-14H2,1-4H3,(H,24,27)(H,29,30)/t16-,19-,20-/m0/s1. The van der Waals surface area contributed by atoms with Crippen LogP contribution < -0.4 is 10.0 Å². The lowest BCUT2D eigenvalue weighted by atomic mass is 9.93. The number of carboxylic acids is 1. The van der Waals surface area contributed by atoms with Crippen LogP contribution in [0.2, 0.25) is 0 Å². The highest BCUT2D eigenvalue weighted by molar-refractivity contribution is 7.98. The summed E-state index contributed by atoms with van der Waals surface area (Å²) in [6, 6.07) is 4.58. The van der Waals surface area contributed by atoms with Crippen LogP contribution in [-0.2, 0) is 24.4 Å². The summed E-state index contributed by atoms with van der Waals surface area (Å²) >= 11 is 1.34. The predicted octanol–water partition coefficient (Wildman–Crippen LogP) is 1.86. The summed E-state index contributed by atoms with van der Waals surface area (Å²) in [6.07, 6.45) is 3.16. The van der Waals surface area contributed by atoms with Gasteiger partial charge in [0.1, 0.15) is 12.1 Å². The van der Waals surface area contributed by atoms with Crippen molar-refractivity contribution in [3.63, 3.8) is 0 Å². The number of sulfonamides is 1. The summed E-state index contributed by atoms with van der Waals surface area (Å²) in [5, 5.41) is 11.8. The minimum atomic E-state index is -3.89. The molecule has 34 heavy (non-hydrogen) atoms. The molecule has 3 N–H and O–H groups in total. The molecule has 1 saturated heterocycles. The molecule has 1 fully saturated rings. The number of benzene rings is 1. The van der Waals surface area contributed by atoms with E-state index in [0.29, 0.717) is 32.4 Å². The number of carbonyl (C=O) groups is 3. The molecule has 0 unspecified atom stereocenters. The topological polar surface area (TPSA) is 133 Å². The first kappa shape index (κ1) is 28.1. The van der Waals surface area contributed by atoms with E-state index in [1.165, 1.54) is 23.9 Å². The maximum absolute atomic E-state index is 13.3. The lowest BCUT2D eigenvalue weighted by Gasteiger charge is -2.35. The highest BCUT2D eigenvalue weighted by Gasteiger charge is 2.36. The molecule has 1 aliphatic heterocycles. The van der Waals surface area contributed by atoms with Gasteiger partial charge in [0, 0.05) is 24.8 Å². The zero-order valence-corrected chi connectivity index (χ0v) is 21.7. The Morgan fingerprint density at radius 2 is 1.76 bits per heavy atom. The fourth-order valence-corrected chi connectivity index (χ4v) is 5.65. The van der Waals surface area contributed by atoms with E-state index < -0.39 is 28.1 Å². The number of hydrogen-bond acceptors (Lipinski definition) is 6. The van der Waals surface area contributed by atoms with E-state index >= 15 is 0 Å². The Balaban J connectivity index is 2.05. The van der Waals surface area contributed by atoms with Gasteiger partial charge in [0.05, 0.1) is 4.90 Å². The molecule has 190 valence electrons. The second-order valence-corrected chi connectivity index (χ2v) is 11.4. The number of nitrogens with one attached hydrogen (secondary N) is 2. The van der Waals surface area contributed by atoms with Crippen LogP contribution in [0.15, 0.2) is 29.2 Å². The normalized spacial score (nSPS) is 17.6. The Morgan fingerprint density at radius 1 is 1.18 bits per heavy atom. The molecule has 1 aromatic rings. The van der Waals surface area contributed by atoms with E-state index in [4.69, 9.17) is 0 Å². The van der Waals surface area contributed by atoms with Gasteiger partial charge >= 0.3 is 5.97 Å². The van der Waals surface area contributed by atoms with Crippen LogP contribution in [0.4, 0.5) is 0 Å². The van der Waals surface area contributed by atoms with Gasteiger partial charge in [-0.15, -0.1) is 0 Å². The molecule has 0 saturated carbocycles. The lowest BCUT2D eigenvalue weighted by Crippen LogP contribution is -2.54. The van der Waals surface area contributed by atoms with Crippen molar-refractivity contribution in [1.29, 1.82) is 0 Å². The average molecular weight is 514 g/mol. The molecule has 0 bridgehead atoms. The lowest BCUT2D eigenvalue weighted by molar-refractivity contribution is -0.142. The summed E-state index contributed by atoms with van der Waals surface area (Å²) in [6.45, 7) is 6.20. The van der Waals surface area contributed by atoms with E-state index in [-0.39, 0.29) is 34.3 Å². The van der Waals surface area contributed by atoms with Gasteiger partial charge in [0.2, 0.25) is 21.8 Å². The number of aryl methyl sites for hydroxylation is 1. The minimum absolute atomic E-state index is 0.104. The van der Waals surface area contributed by atoms with Crippen molar-refractivity contribution in [3.05, 3.63) is 29.8 Å². The van der Waals surface area contributed by atoms with Crippen LogP contribution in [0.3, 0.4) is 0 Å². The molecule has 0 spiro atoms. The van der Waals surface area contributed by atoms with Crippen molar-refractivity contribution >= 4 is 39.6 Å². The van der Waals surface area contributed by atoms with Crippen LogP contribution in [-0.4, -0.2) is 73.4 Å². The van der Waals surface area contributed by atoms with Gasteiger partial charge in [-0.25, -0.2) is 13.2 Å². The smallest absolute Gasteiger partial charge is 0.327 e. The first-order valence-corrected chi connectivity index (χ1v) is 14.3. The Hall–Kier alpha value is -2.11. The quantitative estimate of drug-likeness (QED) is 0.411. The van der Waals surface area contributed by atoms with Gasteiger partial charge in [-0.3, -0.25) is 9.59 Å². The molecule has 9 nitrogen and oxygen atoms in total. The Bertz CT molecular complexity index is 959. The molecule has 0 aliphatic carbocycles. The van der Waals surface area contributed by atoms with Crippen molar-refractivity contribution in [3.8, 4) is 0 Å². The van der Waals surface area contributed by atoms with Crippen LogP contribution >= 0.6 is 11.8 Å². The molecule has 0 radical (unpaired) electrons. The molecule has 1 aliphatic rings. The van der Waals surface area contributed by atoms with Gasteiger partial charge < -0.3 is 15.3 Å². The molecule has 11 heteroatoms. The summed E-state index contributed by atoms with van der Waals surface area (Å²) in [4.78, 5) is 38.9. The SMILES string of the molecule is CC[C@H](C)[C@H](NS(=O)(=O)c1ccc(C)cc1)C(=O)N1CCC(C(=O)N[C@@H](CSC)C(=O)O)CC1. The number of rotatable bonds is 11. The molecular formula is C23H35N3O6S2. The van der Waals surface area contributed by atoms with Gasteiger partial charge in [-0.2, -0.15) is 16.5 Å². The number of aliphatic carboxylic acids is 1. The van der Waals surface area contributed by atoms with Crippen molar-refractivity contribution in [2.45, 2.75) is 57.0 Å². The van der Waals surface area contributed by atoms with E-state index in [0.717, 1.165) is 5.56 Å². The second kappa shape index (κ2) is 12.6. The van der Waals surface area contributed by atoms with Crippen LogP contribution in [0, 0.1) is 18.8 Å². The van der Waals surface area contributed by atoms with E-state index in [2.05, 4.69) is 10.0 Å². The summed E-state index contributed by atoms with van der Waals surface area (Å²) in [5.74, 6) is -2.05. The minimum Gasteiger partial charge on any atom is -0.480 e. The number of likely N-dealkylation sites (tertiary alicyclic amines) is 1. The molecule has 2 rings (SSSR count). The van der Waals surface area contributed by atoms with E-state index in [9.17, 15) is 27.9 Å². The van der Waals surface area contributed by atoms with E-state index in [1.54, 1.807) is 23.3 Å². The Kier molecular flexibility index (Phi) is 10.4. The molecule has 3 atom stereocenters. The summed E-state index contributed by atoms with van der Waals surface area (Å²) in [5.41, 5.74) is 0.934. The first-order valence-electron chi connectivity index (χ1n) is 11.4. The van der Waals surface area contributed by atoms with Crippen molar-refractivity contribution in [2.24, 2.45) is 11.8 Å². The number of nitrogens with zero attached hydrogens (tertiary/aromatic N) is 1. The fourth-order valence-electron chi connectivity index (χ4n) is 3.79. The highest BCUT2D eigenvalue weighted by Crippen LogP contribution is 2.22. The molecular weight excluding hydrogens is 478 g/mol. The zero-order chi connectivity index (χ0) is 25.5. The number of hydrogen-bond donors (Lipinski definition) is 3. The molecule has 0 aromatic heterocycles. The number of thioether (sulfide) groups is 1. The summed E-state index contributed by atoms with van der Waals surface area (Å²) in [7, 11) is -3.89. The Morgan fingerprint density at radius 3 is 2.26 bits per heavy atom. The third-order valence-corrected chi connectivity index (χ3v) is 8.34. The molecule has 1 aromatic carbocycles. The number of carbonyl (C=O) groups excluding carboxylic acids is 2. The van der Waals surface area contributed by atoms with Crippen LogP contribution in [0.25, 0.3) is 0 Å². The number of carboxylic acid groups (broad SMARTS) is 1. The maximum Gasteiger partial charge on any atom is 0.327 e. The number of amides is 2. The molecule has 1 heterocycles. The van der Waals surface area contributed by atoms with Gasteiger partial charge in [0.15, 0.2) is 0 Å². The van der Waals surface area contributed by atoms with Crippen molar-refractivity contribution < 1.29 is 27.9 Å². The first-order chi connectivity index (χ1) is 16.0. The van der Waals surface area contributed by atoms with Gasteiger partial charge in [-0.05, 0) is 44.1 Å². The van der Waals surface area contributed by atoms with E-state index in [1.807, 2.05) is 20.8 Å². The van der Waals surface area contributed by atoms with Crippen LogP contribution in [0.1, 0.15) is 38.7 Å². The average Bonchev–Trinajstić information content (AvgIpc) is 2.81. The third kappa shape index (κ3) is 7.44. The molecule has 2 amide bonds. The van der Waals surface area contributed by atoms with Crippen molar-refractivity contribution in [2.75, 3.05) is 25.1 Å².